The highest BCUT2D eigenvalue weighted by Crippen LogP contribution is 2.28. The third-order valence-corrected chi connectivity index (χ3v) is 5.91. The van der Waals surface area contributed by atoms with Crippen molar-refractivity contribution in [3.05, 3.63) is 59.3 Å². The molecule has 156 valence electrons. The van der Waals surface area contributed by atoms with Gasteiger partial charge in [0, 0.05) is 17.7 Å². The van der Waals surface area contributed by atoms with Crippen LogP contribution in [0.5, 0.6) is 0 Å². The molecule has 1 heterocycles. The third kappa shape index (κ3) is 5.11. The first kappa shape index (κ1) is 21.2. The van der Waals surface area contributed by atoms with E-state index in [0.717, 1.165) is 17.4 Å². The number of amides is 2. The van der Waals surface area contributed by atoms with Crippen molar-refractivity contribution in [3.63, 3.8) is 0 Å². The lowest BCUT2D eigenvalue weighted by Gasteiger charge is -2.39. The summed E-state index contributed by atoms with van der Waals surface area (Å²) in [7, 11) is -7.34. The fourth-order valence-corrected chi connectivity index (χ4v) is 5.10. The molecule has 29 heavy (non-hydrogen) atoms. The Morgan fingerprint density at radius 2 is 1.76 bits per heavy atom. The van der Waals surface area contributed by atoms with Crippen LogP contribution < -0.4 is 9.44 Å². The topological polar surface area (TPSA) is 130 Å². The quantitative estimate of drug-likeness (QED) is 0.595. The number of nitrogens with zero attached hydrogens (tertiary/aromatic N) is 1. The normalized spacial score (nSPS) is 22.3. The zero-order valence-corrected chi connectivity index (χ0v) is 17.5. The summed E-state index contributed by atoms with van der Waals surface area (Å²) < 4.78 is 52.0. The Bertz CT molecular complexity index is 1140. The van der Waals surface area contributed by atoms with Crippen molar-refractivity contribution in [2.75, 3.05) is 19.1 Å². The predicted molar refractivity (Wildman–Crippen MR) is 107 cm³/mol. The maximum atomic E-state index is 12.9. The number of hydrogen-bond acceptors (Lipinski definition) is 6. The summed E-state index contributed by atoms with van der Waals surface area (Å²) in [5.74, 6) is -0.976. The first-order valence-electron chi connectivity index (χ1n) is 8.65. The molecule has 1 aromatic carbocycles. The van der Waals surface area contributed by atoms with Gasteiger partial charge in [0.2, 0.25) is 26.0 Å². The molecule has 1 aliphatic carbocycles. The number of carbonyl (C=O) groups excluding carboxylic acids is 2. The Morgan fingerprint density at radius 3 is 2.41 bits per heavy atom. The molecule has 11 heteroatoms. The van der Waals surface area contributed by atoms with Gasteiger partial charge in [0.25, 0.3) is 5.91 Å². The van der Waals surface area contributed by atoms with Crippen molar-refractivity contribution in [2.24, 2.45) is 0 Å². The number of nitrogens with one attached hydrogen (secondary N) is 2. The van der Waals surface area contributed by atoms with Crippen molar-refractivity contribution in [3.8, 4) is 0 Å². The highest BCUT2D eigenvalue weighted by atomic mass is 32.2. The average Bonchev–Trinajstić information content (AvgIpc) is 2.56. The lowest BCUT2D eigenvalue weighted by Crippen LogP contribution is -2.58. The number of benzene rings is 1. The van der Waals surface area contributed by atoms with Crippen LogP contribution in [0.25, 0.3) is 0 Å². The third-order valence-electron chi connectivity index (χ3n) is 4.50. The van der Waals surface area contributed by atoms with Crippen molar-refractivity contribution < 1.29 is 26.4 Å². The van der Waals surface area contributed by atoms with E-state index in [1.165, 1.54) is 18.2 Å². The van der Waals surface area contributed by atoms with Gasteiger partial charge in [-0.15, -0.1) is 0 Å². The zero-order chi connectivity index (χ0) is 21.4. The van der Waals surface area contributed by atoms with Crippen LogP contribution in [0.1, 0.15) is 22.3 Å². The number of carbonyl (C=O) groups is 2. The van der Waals surface area contributed by atoms with E-state index in [1.807, 2.05) is 0 Å². The first-order chi connectivity index (χ1) is 13.4. The van der Waals surface area contributed by atoms with Crippen LogP contribution in [-0.4, -0.2) is 58.1 Å². The highest BCUT2D eigenvalue weighted by molar-refractivity contribution is 7.89. The zero-order valence-electron chi connectivity index (χ0n) is 15.9. The molecule has 0 bridgehead atoms. The highest BCUT2D eigenvalue weighted by Gasteiger charge is 2.41. The van der Waals surface area contributed by atoms with E-state index in [0.29, 0.717) is 11.1 Å². The van der Waals surface area contributed by atoms with Gasteiger partial charge < -0.3 is 0 Å². The average molecular weight is 440 g/mol. The smallest absolute Gasteiger partial charge is 0.260 e. The van der Waals surface area contributed by atoms with Crippen LogP contribution in [0, 0.1) is 0 Å². The van der Waals surface area contributed by atoms with Crippen molar-refractivity contribution >= 4 is 31.9 Å². The van der Waals surface area contributed by atoms with Gasteiger partial charge in [-0.2, -0.15) is 0 Å². The fourth-order valence-electron chi connectivity index (χ4n) is 3.54. The minimum Gasteiger partial charge on any atom is -0.287 e. The van der Waals surface area contributed by atoms with Crippen LogP contribution in [0.4, 0.5) is 0 Å². The molecule has 3 rings (SSSR count). The summed E-state index contributed by atoms with van der Waals surface area (Å²) in [4.78, 5) is 26.5. The van der Waals surface area contributed by atoms with Crippen molar-refractivity contribution in [2.45, 2.75) is 18.4 Å². The molecule has 0 fully saturated rings. The predicted octanol–water partition coefficient (Wildman–Crippen LogP) is -0.107. The number of allylic oxidation sites excluding steroid dienone is 2. The molecule has 0 saturated heterocycles. The Morgan fingerprint density at radius 1 is 1.07 bits per heavy atom. The van der Waals surface area contributed by atoms with Gasteiger partial charge in [0.15, 0.2) is 0 Å². The standard InChI is InChI=1S/C18H21N3O6S2/c1-28(24,25)19-14-7-5-9-18(11-14,20-29(2,26)27)12-21-16(22)10-13-6-3-4-8-15(13)17(21)23/h3-9,19-20H,10-12H2,1-2H3. The molecule has 1 unspecified atom stereocenters. The molecule has 9 nitrogen and oxygen atoms in total. The SMILES string of the molecule is CS(=O)(=O)NC1=CC=CC(CN2C(=O)Cc3ccccc3C2=O)(NS(C)(=O)=O)C1. The van der Waals surface area contributed by atoms with E-state index < -0.39 is 37.4 Å². The molecule has 1 aliphatic heterocycles. The summed E-state index contributed by atoms with van der Waals surface area (Å²) in [6.07, 6.45) is 6.38. The van der Waals surface area contributed by atoms with Crippen LogP contribution in [0.2, 0.25) is 0 Å². The second kappa shape index (κ2) is 7.39. The number of rotatable bonds is 6. The molecule has 1 aromatic rings. The number of sulfonamides is 2. The Kier molecular flexibility index (Phi) is 5.41. The largest absolute Gasteiger partial charge is 0.287 e. The lowest BCUT2D eigenvalue weighted by atomic mass is 9.88. The van der Waals surface area contributed by atoms with Gasteiger partial charge in [-0.3, -0.25) is 19.2 Å². The van der Waals surface area contributed by atoms with Gasteiger partial charge in [0.1, 0.15) is 0 Å². The Labute approximate surface area is 169 Å². The van der Waals surface area contributed by atoms with E-state index in [-0.39, 0.29) is 25.1 Å². The molecule has 2 amide bonds. The van der Waals surface area contributed by atoms with Crippen molar-refractivity contribution in [1.29, 1.82) is 0 Å². The Balaban J connectivity index is 1.95. The van der Waals surface area contributed by atoms with Crippen molar-refractivity contribution in [1.82, 2.24) is 14.3 Å². The summed E-state index contributed by atoms with van der Waals surface area (Å²) >= 11 is 0. The molecular weight excluding hydrogens is 418 g/mol. The summed E-state index contributed by atoms with van der Waals surface area (Å²) in [6, 6.07) is 6.73. The number of fused-ring (bicyclic) bond motifs is 1. The molecule has 0 saturated carbocycles. The van der Waals surface area contributed by atoms with Crippen LogP contribution in [-0.2, 0) is 31.3 Å². The van der Waals surface area contributed by atoms with Gasteiger partial charge in [0.05, 0.1) is 31.0 Å². The molecule has 0 aromatic heterocycles. The maximum absolute atomic E-state index is 12.9. The van der Waals surface area contributed by atoms with Gasteiger partial charge in [-0.1, -0.05) is 30.4 Å². The Hall–Kier alpha value is -2.50. The van der Waals surface area contributed by atoms with Gasteiger partial charge in [-0.05, 0) is 17.7 Å². The van der Waals surface area contributed by atoms with Crippen LogP contribution >= 0.6 is 0 Å². The van der Waals surface area contributed by atoms with E-state index >= 15 is 0 Å². The maximum Gasteiger partial charge on any atom is 0.260 e. The molecule has 2 aliphatic rings. The second-order valence-corrected chi connectivity index (χ2v) is 10.7. The van der Waals surface area contributed by atoms with E-state index in [9.17, 15) is 26.4 Å². The fraction of sp³-hybridized carbons (Fsp3) is 0.333. The minimum atomic E-state index is -3.75. The minimum absolute atomic E-state index is 0.0187. The number of hydrogen-bond donors (Lipinski definition) is 2. The lowest BCUT2D eigenvalue weighted by molar-refractivity contribution is -0.129. The van der Waals surface area contributed by atoms with Crippen LogP contribution in [0.3, 0.4) is 0 Å². The molecule has 0 radical (unpaired) electrons. The van der Waals surface area contributed by atoms with Gasteiger partial charge in [-0.25, -0.2) is 21.6 Å². The summed E-state index contributed by atoms with van der Waals surface area (Å²) in [6.45, 7) is -0.272. The number of imide groups is 1. The second-order valence-electron chi connectivity index (χ2n) is 7.25. The molecular formula is C18H21N3O6S2. The van der Waals surface area contributed by atoms with E-state index in [1.54, 1.807) is 24.3 Å². The molecule has 2 N–H and O–H groups in total. The molecule has 1 atom stereocenters. The monoisotopic (exact) mass is 439 g/mol. The van der Waals surface area contributed by atoms with E-state index in [4.69, 9.17) is 0 Å². The molecule has 0 spiro atoms. The van der Waals surface area contributed by atoms with Gasteiger partial charge >= 0.3 is 0 Å². The summed E-state index contributed by atoms with van der Waals surface area (Å²) in [5.41, 5.74) is -0.148. The summed E-state index contributed by atoms with van der Waals surface area (Å²) in [5, 5.41) is 0. The van der Waals surface area contributed by atoms with Crippen LogP contribution in [0.15, 0.2) is 48.2 Å². The van der Waals surface area contributed by atoms with E-state index in [2.05, 4.69) is 9.44 Å². The first-order valence-corrected chi connectivity index (χ1v) is 12.4.